The van der Waals surface area contributed by atoms with Crippen LogP contribution in [0, 0.1) is 6.92 Å². The zero-order valence-electron chi connectivity index (χ0n) is 12.5. The Morgan fingerprint density at radius 3 is 2.74 bits per heavy atom. The van der Waals surface area contributed by atoms with Crippen LogP contribution in [-0.2, 0) is 9.59 Å². The highest BCUT2D eigenvalue weighted by Gasteiger charge is 2.09. The molecule has 1 aromatic carbocycles. The van der Waals surface area contributed by atoms with Gasteiger partial charge in [0.25, 0.3) is 0 Å². The SMILES string of the molecule is Cc1c(Cl)cccc1NC(=O)CCC(=O)N/N=C\c1ccco1. The number of benzene rings is 1. The lowest BCUT2D eigenvalue weighted by atomic mass is 10.2. The van der Waals surface area contributed by atoms with Crippen molar-refractivity contribution in [2.45, 2.75) is 19.8 Å². The van der Waals surface area contributed by atoms with E-state index >= 15 is 0 Å². The van der Waals surface area contributed by atoms with Gasteiger partial charge in [-0.1, -0.05) is 17.7 Å². The number of hydrogen-bond donors (Lipinski definition) is 2. The second kappa shape index (κ2) is 8.14. The van der Waals surface area contributed by atoms with Crippen LogP contribution in [-0.4, -0.2) is 18.0 Å². The zero-order chi connectivity index (χ0) is 16.7. The first-order valence-corrected chi connectivity index (χ1v) is 7.34. The summed E-state index contributed by atoms with van der Waals surface area (Å²) in [7, 11) is 0. The third kappa shape index (κ3) is 5.27. The van der Waals surface area contributed by atoms with Gasteiger partial charge in [-0.05, 0) is 36.8 Å². The van der Waals surface area contributed by atoms with Gasteiger partial charge in [0.15, 0.2) is 0 Å². The molecule has 1 heterocycles. The van der Waals surface area contributed by atoms with Crippen LogP contribution in [0.25, 0.3) is 0 Å². The second-order valence-electron chi connectivity index (χ2n) is 4.77. The number of nitrogens with zero attached hydrogens (tertiary/aromatic N) is 1. The first-order valence-electron chi connectivity index (χ1n) is 6.96. The van der Waals surface area contributed by atoms with Gasteiger partial charge in [-0.3, -0.25) is 9.59 Å². The molecule has 120 valence electrons. The normalized spacial score (nSPS) is 10.7. The van der Waals surface area contributed by atoms with Crippen LogP contribution in [0.4, 0.5) is 5.69 Å². The molecule has 1 aromatic heterocycles. The summed E-state index contributed by atoms with van der Waals surface area (Å²) in [6, 6.07) is 8.67. The molecule has 2 amide bonds. The van der Waals surface area contributed by atoms with Crippen LogP contribution in [0.3, 0.4) is 0 Å². The van der Waals surface area contributed by atoms with E-state index in [1.807, 2.05) is 6.92 Å². The van der Waals surface area contributed by atoms with Crippen LogP contribution in [0.2, 0.25) is 5.02 Å². The minimum absolute atomic E-state index is 0.0287. The molecule has 2 N–H and O–H groups in total. The van der Waals surface area contributed by atoms with Crippen molar-refractivity contribution in [3.63, 3.8) is 0 Å². The van der Waals surface area contributed by atoms with Crippen molar-refractivity contribution in [1.82, 2.24) is 5.43 Å². The maximum Gasteiger partial charge on any atom is 0.240 e. The van der Waals surface area contributed by atoms with E-state index in [4.69, 9.17) is 16.0 Å². The number of hydrazone groups is 1. The third-order valence-corrected chi connectivity index (χ3v) is 3.45. The summed E-state index contributed by atoms with van der Waals surface area (Å²) in [5.41, 5.74) is 3.75. The summed E-state index contributed by atoms with van der Waals surface area (Å²) in [5, 5.41) is 7.04. The molecule has 0 aliphatic rings. The predicted molar refractivity (Wildman–Crippen MR) is 88.5 cm³/mol. The summed E-state index contributed by atoms with van der Waals surface area (Å²) in [6.45, 7) is 1.81. The topological polar surface area (TPSA) is 83.7 Å². The van der Waals surface area contributed by atoms with Crippen molar-refractivity contribution in [3.8, 4) is 0 Å². The molecule has 0 fully saturated rings. The van der Waals surface area contributed by atoms with Crippen molar-refractivity contribution >= 4 is 35.3 Å². The van der Waals surface area contributed by atoms with Gasteiger partial charge in [-0.2, -0.15) is 5.10 Å². The fraction of sp³-hybridized carbons (Fsp3) is 0.188. The number of hydrogen-bond acceptors (Lipinski definition) is 4. The lowest BCUT2D eigenvalue weighted by molar-refractivity contribution is -0.124. The summed E-state index contributed by atoms with van der Waals surface area (Å²) < 4.78 is 5.03. The van der Waals surface area contributed by atoms with Gasteiger partial charge < -0.3 is 9.73 Å². The van der Waals surface area contributed by atoms with Crippen LogP contribution >= 0.6 is 11.6 Å². The smallest absolute Gasteiger partial charge is 0.240 e. The van der Waals surface area contributed by atoms with Crippen molar-refractivity contribution < 1.29 is 14.0 Å². The van der Waals surface area contributed by atoms with Crippen molar-refractivity contribution in [2.75, 3.05) is 5.32 Å². The summed E-state index contributed by atoms with van der Waals surface area (Å²) in [4.78, 5) is 23.4. The highest BCUT2D eigenvalue weighted by atomic mass is 35.5. The molecule has 0 atom stereocenters. The summed E-state index contributed by atoms with van der Waals surface area (Å²) in [6.07, 6.45) is 2.97. The minimum Gasteiger partial charge on any atom is -0.463 e. The zero-order valence-corrected chi connectivity index (χ0v) is 13.3. The Kier molecular flexibility index (Phi) is 5.94. The molecule has 7 heteroatoms. The molecule has 2 rings (SSSR count). The number of furan rings is 1. The van der Waals surface area contributed by atoms with E-state index in [9.17, 15) is 9.59 Å². The van der Waals surface area contributed by atoms with E-state index in [0.29, 0.717) is 16.5 Å². The molecule has 0 radical (unpaired) electrons. The highest BCUT2D eigenvalue weighted by Crippen LogP contribution is 2.23. The standard InChI is InChI=1S/C16H16ClN3O3/c1-11-13(17)5-2-6-14(11)19-15(21)7-8-16(22)20-18-10-12-4-3-9-23-12/h2-6,9-10H,7-8H2,1H3,(H,19,21)(H,20,22)/b18-10-. The van der Waals surface area contributed by atoms with Gasteiger partial charge in [0.1, 0.15) is 5.76 Å². The molecular formula is C16H16ClN3O3. The molecule has 0 aliphatic carbocycles. The number of anilines is 1. The monoisotopic (exact) mass is 333 g/mol. The number of carbonyl (C=O) groups excluding carboxylic acids is 2. The number of nitrogens with one attached hydrogen (secondary N) is 2. The van der Waals surface area contributed by atoms with E-state index in [-0.39, 0.29) is 24.7 Å². The van der Waals surface area contributed by atoms with Crippen molar-refractivity contribution in [1.29, 1.82) is 0 Å². The maximum atomic E-state index is 11.9. The Bertz CT molecular complexity index is 711. The molecule has 0 bridgehead atoms. The molecule has 6 nitrogen and oxygen atoms in total. The average molecular weight is 334 g/mol. The van der Waals surface area contributed by atoms with Crippen LogP contribution < -0.4 is 10.7 Å². The molecule has 23 heavy (non-hydrogen) atoms. The highest BCUT2D eigenvalue weighted by molar-refractivity contribution is 6.31. The predicted octanol–water partition coefficient (Wildman–Crippen LogP) is 3.11. The minimum atomic E-state index is -0.356. The van der Waals surface area contributed by atoms with E-state index in [1.54, 1.807) is 30.3 Å². The molecule has 2 aromatic rings. The third-order valence-electron chi connectivity index (χ3n) is 3.05. The quantitative estimate of drug-likeness (QED) is 0.629. The van der Waals surface area contributed by atoms with E-state index in [2.05, 4.69) is 15.8 Å². The summed E-state index contributed by atoms with van der Waals surface area (Å²) >= 11 is 5.99. The van der Waals surface area contributed by atoms with Crippen LogP contribution in [0.15, 0.2) is 46.1 Å². The molecule has 0 unspecified atom stereocenters. The second-order valence-corrected chi connectivity index (χ2v) is 5.18. The number of carbonyl (C=O) groups is 2. The first kappa shape index (κ1) is 16.8. The van der Waals surface area contributed by atoms with Crippen molar-refractivity contribution in [3.05, 3.63) is 52.9 Å². The van der Waals surface area contributed by atoms with Gasteiger partial charge in [-0.15, -0.1) is 0 Å². The van der Waals surface area contributed by atoms with Crippen molar-refractivity contribution in [2.24, 2.45) is 5.10 Å². The lowest BCUT2D eigenvalue weighted by Crippen LogP contribution is -2.20. The first-order chi connectivity index (χ1) is 11.1. The molecular weight excluding hydrogens is 318 g/mol. The average Bonchev–Trinajstić information content (AvgIpc) is 3.03. The number of amides is 2. The largest absolute Gasteiger partial charge is 0.463 e. The lowest BCUT2D eigenvalue weighted by Gasteiger charge is -2.09. The Balaban J connectivity index is 1.75. The maximum absolute atomic E-state index is 11.9. The van der Waals surface area contributed by atoms with Crippen LogP contribution in [0.5, 0.6) is 0 Å². The Labute approximate surface area is 138 Å². The number of halogens is 1. The molecule has 0 spiro atoms. The Morgan fingerprint density at radius 2 is 2.00 bits per heavy atom. The Morgan fingerprint density at radius 1 is 1.22 bits per heavy atom. The van der Waals surface area contributed by atoms with E-state index in [1.165, 1.54) is 12.5 Å². The van der Waals surface area contributed by atoms with E-state index in [0.717, 1.165) is 5.56 Å². The molecule has 0 saturated heterocycles. The molecule has 0 saturated carbocycles. The van der Waals surface area contributed by atoms with Gasteiger partial charge in [0, 0.05) is 23.6 Å². The fourth-order valence-electron chi connectivity index (χ4n) is 1.77. The van der Waals surface area contributed by atoms with Gasteiger partial charge >= 0.3 is 0 Å². The molecule has 0 aliphatic heterocycles. The van der Waals surface area contributed by atoms with Gasteiger partial charge in [0.05, 0.1) is 12.5 Å². The van der Waals surface area contributed by atoms with E-state index < -0.39 is 0 Å². The van der Waals surface area contributed by atoms with Gasteiger partial charge in [-0.25, -0.2) is 5.43 Å². The Hall–Kier alpha value is -2.60. The van der Waals surface area contributed by atoms with Gasteiger partial charge in [0.2, 0.25) is 11.8 Å². The summed E-state index contributed by atoms with van der Waals surface area (Å²) in [5.74, 6) is -0.0919. The van der Waals surface area contributed by atoms with Crippen LogP contribution in [0.1, 0.15) is 24.2 Å². The number of rotatable bonds is 6. The fourth-order valence-corrected chi connectivity index (χ4v) is 1.95.